The Balaban J connectivity index is 0.00000121. The van der Waals surface area contributed by atoms with Crippen LogP contribution in [0.3, 0.4) is 0 Å². The molecule has 0 radical (unpaired) electrons. The minimum Gasteiger partial charge on any atom is -0.397 e. The summed E-state index contributed by atoms with van der Waals surface area (Å²) in [5.41, 5.74) is 13.2. The van der Waals surface area contributed by atoms with Gasteiger partial charge in [-0.25, -0.2) is 0 Å². The number of nitrogen functional groups attached to an aromatic ring is 2. The molecule has 1 heterocycles. The molecule has 0 aliphatic rings. The van der Waals surface area contributed by atoms with Crippen LogP contribution in [0.15, 0.2) is 12.3 Å². The summed E-state index contributed by atoms with van der Waals surface area (Å²) in [5.74, 6) is 0.401. The molecule has 68 valence electrons. The number of halogens is 1. The van der Waals surface area contributed by atoms with Gasteiger partial charge in [0.2, 0.25) is 0 Å². The van der Waals surface area contributed by atoms with Crippen molar-refractivity contribution in [3.8, 4) is 0 Å². The molecule has 4 heteroatoms. The van der Waals surface area contributed by atoms with Crippen LogP contribution in [-0.2, 0) is 0 Å². The van der Waals surface area contributed by atoms with Crippen molar-refractivity contribution >= 4 is 23.8 Å². The molecule has 1 rings (SSSR count). The molecule has 0 fully saturated rings. The lowest BCUT2D eigenvalue weighted by atomic mass is 10.1. The van der Waals surface area contributed by atoms with Crippen molar-refractivity contribution in [2.24, 2.45) is 0 Å². The van der Waals surface area contributed by atoms with Gasteiger partial charge in [0.1, 0.15) is 0 Å². The van der Waals surface area contributed by atoms with Crippen molar-refractivity contribution in [2.75, 3.05) is 11.5 Å². The molecule has 0 amide bonds. The molecule has 0 spiro atoms. The molecule has 0 atom stereocenters. The van der Waals surface area contributed by atoms with E-state index in [-0.39, 0.29) is 12.4 Å². The van der Waals surface area contributed by atoms with E-state index in [9.17, 15) is 0 Å². The Hall–Kier alpha value is -0.960. The van der Waals surface area contributed by atoms with Gasteiger partial charge in [0.25, 0.3) is 0 Å². The molecule has 0 saturated heterocycles. The van der Waals surface area contributed by atoms with E-state index in [1.165, 1.54) is 0 Å². The number of hydrogen-bond acceptors (Lipinski definition) is 3. The highest BCUT2D eigenvalue weighted by Gasteiger charge is 2.01. The Morgan fingerprint density at radius 1 is 1.25 bits per heavy atom. The zero-order valence-electron chi connectivity index (χ0n) is 7.24. The molecular weight excluding hydrogens is 174 g/mol. The van der Waals surface area contributed by atoms with Crippen LogP contribution in [0.1, 0.15) is 25.5 Å². The topological polar surface area (TPSA) is 64.9 Å². The van der Waals surface area contributed by atoms with Crippen LogP contribution in [0.2, 0.25) is 0 Å². The Morgan fingerprint density at radius 3 is 2.25 bits per heavy atom. The lowest BCUT2D eigenvalue weighted by molar-refractivity contribution is 0.824. The molecule has 0 bridgehead atoms. The highest BCUT2D eigenvalue weighted by atomic mass is 35.5. The quantitative estimate of drug-likeness (QED) is 0.705. The predicted octanol–water partition coefficient (Wildman–Crippen LogP) is 1.79. The van der Waals surface area contributed by atoms with Crippen LogP contribution in [-0.4, -0.2) is 4.98 Å². The molecule has 0 saturated carbocycles. The molecule has 12 heavy (non-hydrogen) atoms. The molecule has 0 aliphatic heterocycles. The zero-order valence-corrected chi connectivity index (χ0v) is 8.06. The molecule has 0 aromatic carbocycles. The number of nitrogens with two attached hydrogens (primary N) is 2. The summed E-state index contributed by atoms with van der Waals surface area (Å²) >= 11 is 0. The van der Waals surface area contributed by atoms with E-state index < -0.39 is 0 Å². The van der Waals surface area contributed by atoms with Crippen LogP contribution in [0, 0.1) is 0 Å². The van der Waals surface area contributed by atoms with E-state index in [0.29, 0.717) is 17.3 Å². The van der Waals surface area contributed by atoms with Gasteiger partial charge >= 0.3 is 0 Å². The van der Waals surface area contributed by atoms with Crippen LogP contribution < -0.4 is 11.5 Å². The van der Waals surface area contributed by atoms with Gasteiger partial charge in [-0.1, -0.05) is 13.8 Å². The number of pyridine rings is 1. The number of hydrogen-bond donors (Lipinski definition) is 2. The van der Waals surface area contributed by atoms with Crippen LogP contribution in [0.4, 0.5) is 11.4 Å². The Morgan fingerprint density at radius 2 is 1.83 bits per heavy atom. The second-order valence-electron chi connectivity index (χ2n) is 2.89. The Labute approximate surface area is 78.6 Å². The van der Waals surface area contributed by atoms with Crippen molar-refractivity contribution in [1.82, 2.24) is 4.98 Å². The Kier molecular flexibility index (Phi) is 3.83. The maximum absolute atomic E-state index is 5.59. The SMILES string of the molecule is CC(C)c1cc(N)c(N)cn1.Cl. The van der Waals surface area contributed by atoms with Crippen molar-refractivity contribution in [3.05, 3.63) is 18.0 Å². The molecule has 0 aliphatic carbocycles. The number of rotatable bonds is 1. The third-order valence-electron chi connectivity index (χ3n) is 1.58. The first-order valence-corrected chi connectivity index (χ1v) is 3.62. The fourth-order valence-electron chi connectivity index (χ4n) is 0.814. The van der Waals surface area contributed by atoms with E-state index in [2.05, 4.69) is 18.8 Å². The van der Waals surface area contributed by atoms with Crippen LogP contribution in [0.5, 0.6) is 0 Å². The average Bonchev–Trinajstić information content (AvgIpc) is 1.94. The van der Waals surface area contributed by atoms with Crippen molar-refractivity contribution in [2.45, 2.75) is 19.8 Å². The summed E-state index contributed by atoms with van der Waals surface area (Å²) in [6.45, 7) is 4.13. The maximum Gasteiger partial charge on any atom is 0.0734 e. The predicted molar refractivity (Wildman–Crippen MR) is 54.4 cm³/mol. The second-order valence-corrected chi connectivity index (χ2v) is 2.89. The summed E-state index contributed by atoms with van der Waals surface area (Å²) in [6, 6.07) is 1.82. The van der Waals surface area contributed by atoms with Crippen molar-refractivity contribution in [1.29, 1.82) is 0 Å². The summed E-state index contributed by atoms with van der Waals surface area (Å²) in [5, 5.41) is 0. The first kappa shape index (κ1) is 11.0. The lowest BCUT2D eigenvalue weighted by Gasteiger charge is -2.05. The van der Waals surface area contributed by atoms with Crippen molar-refractivity contribution < 1.29 is 0 Å². The fourth-order valence-corrected chi connectivity index (χ4v) is 0.814. The second kappa shape index (κ2) is 4.16. The van der Waals surface area contributed by atoms with Crippen LogP contribution >= 0.6 is 12.4 Å². The normalized spacial score (nSPS) is 9.58. The zero-order chi connectivity index (χ0) is 8.43. The minimum absolute atomic E-state index is 0. The highest BCUT2D eigenvalue weighted by Crippen LogP contribution is 2.18. The third-order valence-corrected chi connectivity index (χ3v) is 1.58. The maximum atomic E-state index is 5.59. The largest absolute Gasteiger partial charge is 0.397 e. The van der Waals surface area contributed by atoms with Gasteiger partial charge < -0.3 is 11.5 Å². The first-order valence-electron chi connectivity index (χ1n) is 3.62. The van der Waals surface area contributed by atoms with Crippen LogP contribution in [0.25, 0.3) is 0 Å². The summed E-state index contributed by atoms with van der Waals surface area (Å²) < 4.78 is 0. The third kappa shape index (κ3) is 2.27. The van der Waals surface area contributed by atoms with E-state index in [1.807, 2.05) is 6.07 Å². The van der Waals surface area contributed by atoms with E-state index >= 15 is 0 Å². The monoisotopic (exact) mass is 187 g/mol. The summed E-state index contributed by atoms with van der Waals surface area (Å²) in [4.78, 5) is 4.13. The molecule has 4 N–H and O–H groups in total. The number of aromatic nitrogens is 1. The molecule has 0 unspecified atom stereocenters. The standard InChI is InChI=1S/C8H13N3.ClH/c1-5(2)8-3-6(9)7(10)4-11-8;/h3-5H,10H2,1-2H3,(H2,9,11);1H. The number of anilines is 2. The van der Waals surface area contributed by atoms with Gasteiger partial charge in [0, 0.05) is 5.69 Å². The molecule has 1 aromatic rings. The van der Waals surface area contributed by atoms with E-state index in [4.69, 9.17) is 11.5 Å². The number of nitrogens with zero attached hydrogens (tertiary/aromatic N) is 1. The van der Waals surface area contributed by atoms with Crippen molar-refractivity contribution in [3.63, 3.8) is 0 Å². The van der Waals surface area contributed by atoms with Gasteiger partial charge in [-0.15, -0.1) is 12.4 Å². The fraction of sp³-hybridized carbons (Fsp3) is 0.375. The summed E-state index contributed by atoms with van der Waals surface area (Å²) in [7, 11) is 0. The average molecular weight is 188 g/mol. The molecule has 1 aromatic heterocycles. The van der Waals surface area contributed by atoms with Gasteiger partial charge in [-0.3, -0.25) is 4.98 Å². The van der Waals surface area contributed by atoms with E-state index in [0.717, 1.165) is 5.69 Å². The van der Waals surface area contributed by atoms with Gasteiger partial charge in [0.05, 0.1) is 17.6 Å². The lowest BCUT2D eigenvalue weighted by Crippen LogP contribution is -1.99. The van der Waals surface area contributed by atoms with Gasteiger partial charge in [0.15, 0.2) is 0 Å². The first-order chi connectivity index (χ1) is 5.11. The highest BCUT2D eigenvalue weighted by molar-refractivity contribution is 5.85. The molecule has 3 nitrogen and oxygen atoms in total. The summed E-state index contributed by atoms with van der Waals surface area (Å²) in [6.07, 6.45) is 1.60. The minimum atomic E-state index is 0. The smallest absolute Gasteiger partial charge is 0.0734 e. The Bertz CT molecular complexity index is 260. The van der Waals surface area contributed by atoms with Gasteiger partial charge in [-0.2, -0.15) is 0 Å². The van der Waals surface area contributed by atoms with Gasteiger partial charge in [-0.05, 0) is 12.0 Å². The van der Waals surface area contributed by atoms with E-state index in [1.54, 1.807) is 6.20 Å². The molecular formula is C8H14ClN3.